The Morgan fingerprint density at radius 2 is 1.62 bits per heavy atom. The summed E-state index contributed by atoms with van der Waals surface area (Å²) >= 11 is 12.4. The number of nitro groups is 1. The molecule has 0 radical (unpaired) electrons. The highest BCUT2D eigenvalue weighted by Gasteiger charge is 2.33. The molecule has 1 aliphatic carbocycles. The summed E-state index contributed by atoms with van der Waals surface area (Å²) in [7, 11) is 0. The number of nitro benzene ring substituents is 1. The molecular weight excluding hydrogens is 537 g/mol. The third kappa shape index (κ3) is 7.80. The van der Waals surface area contributed by atoms with Crippen LogP contribution in [0.3, 0.4) is 0 Å². The molecule has 2 amide bonds. The van der Waals surface area contributed by atoms with Gasteiger partial charge in [0.25, 0.3) is 5.69 Å². The molecule has 0 bridgehead atoms. The Morgan fingerprint density at radius 1 is 0.923 bits per heavy atom. The van der Waals surface area contributed by atoms with Gasteiger partial charge in [-0.1, -0.05) is 97.1 Å². The molecule has 0 aromatic heterocycles. The van der Waals surface area contributed by atoms with Crippen molar-refractivity contribution in [3.05, 3.63) is 110 Å². The largest absolute Gasteiger partial charge is 0.352 e. The molecule has 0 heterocycles. The van der Waals surface area contributed by atoms with Gasteiger partial charge >= 0.3 is 0 Å². The SMILES string of the molecule is O=C(NC1CCCCC1)[C@@H](Cc1ccccc1)N(Cc1ccc(Cl)c(Cl)c1)C(=O)Cc1ccccc1[N+](=O)[O-]. The van der Waals surface area contributed by atoms with Crippen LogP contribution in [0.2, 0.25) is 10.0 Å². The average Bonchev–Trinajstić information content (AvgIpc) is 2.93. The molecule has 1 aliphatic rings. The predicted molar refractivity (Wildman–Crippen MR) is 153 cm³/mol. The van der Waals surface area contributed by atoms with Crippen molar-refractivity contribution in [3.8, 4) is 0 Å². The Balaban J connectivity index is 1.70. The second kappa shape index (κ2) is 13.6. The van der Waals surface area contributed by atoms with Crippen LogP contribution in [-0.2, 0) is 29.0 Å². The number of hydrogen-bond donors (Lipinski definition) is 1. The van der Waals surface area contributed by atoms with Gasteiger partial charge in [-0.05, 0) is 36.1 Å². The topological polar surface area (TPSA) is 92.6 Å². The van der Waals surface area contributed by atoms with Crippen LogP contribution in [0.4, 0.5) is 5.69 Å². The summed E-state index contributed by atoms with van der Waals surface area (Å²) in [5.41, 5.74) is 1.76. The Kier molecular flexibility index (Phi) is 9.96. The van der Waals surface area contributed by atoms with Gasteiger partial charge in [0.2, 0.25) is 11.8 Å². The zero-order valence-corrected chi connectivity index (χ0v) is 23.0. The number of carbonyl (C=O) groups excluding carboxylic acids is 2. The second-order valence-corrected chi connectivity index (χ2v) is 10.7. The van der Waals surface area contributed by atoms with Crippen molar-refractivity contribution < 1.29 is 14.5 Å². The number of rotatable bonds is 10. The van der Waals surface area contributed by atoms with Crippen molar-refractivity contribution in [1.29, 1.82) is 0 Å². The maximum absolute atomic E-state index is 13.9. The standard InChI is InChI=1S/C30H31Cl2N3O4/c31-25-16-15-22(17-26(25)32)20-34(29(36)19-23-11-7-8-14-27(23)35(38)39)28(18-21-9-3-1-4-10-21)30(37)33-24-12-5-2-6-13-24/h1,3-4,7-11,14-17,24,28H,2,5-6,12-13,18-20H2,(H,33,37)/t28-/m1/s1. The van der Waals surface area contributed by atoms with Gasteiger partial charge in [-0.25, -0.2) is 0 Å². The van der Waals surface area contributed by atoms with Gasteiger partial charge in [0, 0.05) is 30.6 Å². The van der Waals surface area contributed by atoms with Gasteiger partial charge < -0.3 is 10.2 Å². The van der Waals surface area contributed by atoms with Crippen LogP contribution in [0.25, 0.3) is 0 Å². The van der Waals surface area contributed by atoms with Crippen LogP contribution >= 0.6 is 23.2 Å². The number of hydrogen-bond acceptors (Lipinski definition) is 4. The van der Waals surface area contributed by atoms with E-state index in [2.05, 4.69) is 5.32 Å². The molecule has 1 fully saturated rings. The molecular formula is C30H31Cl2N3O4. The van der Waals surface area contributed by atoms with Crippen LogP contribution in [0, 0.1) is 10.1 Å². The van der Waals surface area contributed by atoms with Crippen molar-refractivity contribution in [3.63, 3.8) is 0 Å². The molecule has 1 saturated carbocycles. The summed E-state index contributed by atoms with van der Waals surface area (Å²) in [6.07, 6.45) is 5.14. The Bertz CT molecular complexity index is 1310. The lowest BCUT2D eigenvalue weighted by molar-refractivity contribution is -0.385. The van der Waals surface area contributed by atoms with Crippen LogP contribution in [0.5, 0.6) is 0 Å². The van der Waals surface area contributed by atoms with Gasteiger partial charge in [-0.15, -0.1) is 0 Å². The first kappa shape index (κ1) is 28.6. The van der Waals surface area contributed by atoms with Crippen LogP contribution in [0.15, 0.2) is 72.8 Å². The summed E-state index contributed by atoms with van der Waals surface area (Å²) in [5, 5.41) is 15.5. The van der Waals surface area contributed by atoms with Gasteiger partial charge in [0.1, 0.15) is 6.04 Å². The molecule has 1 N–H and O–H groups in total. The molecule has 0 spiro atoms. The minimum atomic E-state index is -0.834. The Labute approximate surface area is 238 Å². The number of nitrogens with zero attached hydrogens (tertiary/aromatic N) is 2. The molecule has 7 nitrogen and oxygen atoms in total. The van der Waals surface area contributed by atoms with Crippen molar-refractivity contribution in [1.82, 2.24) is 10.2 Å². The monoisotopic (exact) mass is 567 g/mol. The molecule has 39 heavy (non-hydrogen) atoms. The van der Waals surface area contributed by atoms with Crippen molar-refractivity contribution in [2.45, 2.75) is 63.6 Å². The quantitative estimate of drug-likeness (QED) is 0.222. The third-order valence-electron chi connectivity index (χ3n) is 7.09. The molecule has 3 aromatic rings. The number of carbonyl (C=O) groups is 2. The van der Waals surface area contributed by atoms with Crippen LogP contribution < -0.4 is 5.32 Å². The van der Waals surface area contributed by atoms with E-state index in [0.717, 1.165) is 37.7 Å². The molecule has 0 aliphatic heterocycles. The van der Waals surface area contributed by atoms with E-state index in [-0.39, 0.29) is 36.2 Å². The van der Waals surface area contributed by atoms with E-state index < -0.39 is 16.9 Å². The average molecular weight is 569 g/mol. The van der Waals surface area contributed by atoms with E-state index in [9.17, 15) is 19.7 Å². The highest BCUT2D eigenvalue weighted by Crippen LogP contribution is 2.26. The zero-order valence-electron chi connectivity index (χ0n) is 21.5. The van der Waals surface area contributed by atoms with Gasteiger partial charge in [-0.3, -0.25) is 19.7 Å². The van der Waals surface area contributed by atoms with E-state index in [1.165, 1.54) is 11.0 Å². The number of para-hydroxylation sites is 1. The molecule has 3 aromatic carbocycles. The Hall–Kier alpha value is -3.42. The second-order valence-electron chi connectivity index (χ2n) is 9.88. The number of benzene rings is 3. The van der Waals surface area contributed by atoms with E-state index in [4.69, 9.17) is 23.2 Å². The highest BCUT2D eigenvalue weighted by molar-refractivity contribution is 6.42. The number of amides is 2. The van der Waals surface area contributed by atoms with Crippen molar-refractivity contribution in [2.24, 2.45) is 0 Å². The van der Waals surface area contributed by atoms with Crippen molar-refractivity contribution in [2.75, 3.05) is 0 Å². The first-order valence-electron chi connectivity index (χ1n) is 13.1. The summed E-state index contributed by atoms with van der Waals surface area (Å²) in [5.74, 6) is -0.628. The molecule has 0 unspecified atom stereocenters. The maximum atomic E-state index is 13.9. The van der Waals surface area contributed by atoms with Crippen LogP contribution in [0.1, 0.15) is 48.8 Å². The lowest BCUT2D eigenvalue weighted by Gasteiger charge is -2.33. The normalized spacial score (nSPS) is 14.4. The van der Waals surface area contributed by atoms with Crippen molar-refractivity contribution >= 4 is 40.7 Å². The number of nitrogens with one attached hydrogen (secondary N) is 1. The molecule has 0 saturated heterocycles. The molecule has 204 valence electrons. The molecule has 1 atom stereocenters. The lowest BCUT2D eigenvalue weighted by Crippen LogP contribution is -2.53. The summed E-state index contributed by atoms with van der Waals surface area (Å²) in [4.78, 5) is 40.4. The van der Waals surface area contributed by atoms with E-state index >= 15 is 0 Å². The maximum Gasteiger partial charge on any atom is 0.273 e. The van der Waals surface area contributed by atoms with E-state index in [0.29, 0.717) is 22.0 Å². The highest BCUT2D eigenvalue weighted by atomic mass is 35.5. The minimum absolute atomic E-state index is 0.0571. The summed E-state index contributed by atoms with van der Waals surface area (Å²) in [6.45, 7) is 0.0892. The summed E-state index contributed by atoms with van der Waals surface area (Å²) < 4.78 is 0. The fourth-order valence-corrected chi connectivity index (χ4v) is 5.36. The van der Waals surface area contributed by atoms with Gasteiger partial charge in [0.05, 0.1) is 21.4 Å². The van der Waals surface area contributed by atoms with Gasteiger partial charge in [0.15, 0.2) is 0 Å². The predicted octanol–water partition coefficient (Wildman–Crippen LogP) is 6.53. The van der Waals surface area contributed by atoms with E-state index in [1.54, 1.807) is 36.4 Å². The molecule has 4 rings (SSSR count). The number of halogens is 2. The Morgan fingerprint density at radius 3 is 2.31 bits per heavy atom. The summed E-state index contributed by atoms with van der Waals surface area (Å²) in [6, 6.07) is 20.0. The third-order valence-corrected chi connectivity index (χ3v) is 7.83. The fraction of sp³-hybridized carbons (Fsp3) is 0.333. The van der Waals surface area contributed by atoms with Gasteiger partial charge in [-0.2, -0.15) is 0 Å². The first-order chi connectivity index (χ1) is 18.8. The zero-order chi connectivity index (χ0) is 27.8. The smallest absolute Gasteiger partial charge is 0.273 e. The fourth-order valence-electron chi connectivity index (χ4n) is 5.04. The first-order valence-corrected chi connectivity index (χ1v) is 13.9. The molecule has 9 heteroatoms. The van der Waals surface area contributed by atoms with Crippen LogP contribution in [-0.4, -0.2) is 33.7 Å². The lowest BCUT2D eigenvalue weighted by atomic mass is 9.94. The van der Waals surface area contributed by atoms with E-state index in [1.807, 2.05) is 30.3 Å². The minimum Gasteiger partial charge on any atom is -0.352 e.